The molecule has 0 bridgehead atoms. The Hall–Kier alpha value is -0.120. The minimum atomic E-state index is 0.421. The number of ether oxygens (including phenoxy) is 1. The molecule has 2 aliphatic rings. The first-order valence-corrected chi connectivity index (χ1v) is 6.82. The minimum Gasteiger partial charge on any atom is -0.377 e. The molecule has 2 fully saturated rings. The van der Waals surface area contributed by atoms with E-state index >= 15 is 0 Å². The molecule has 3 nitrogen and oxygen atoms in total. The van der Waals surface area contributed by atoms with Crippen molar-refractivity contribution < 1.29 is 4.74 Å². The molecule has 0 aromatic carbocycles. The zero-order chi connectivity index (χ0) is 11.4. The van der Waals surface area contributed by atoms with E-state index in [9.17, 15) is 0 Å². The number of nitrogens with one attached hydrogen (secondary N) is 1. The average Bonchev–Trinajstić information content (AvgIpc) is 2.54. The van der Waals surface area contributed by atoms with Crippen molar-refractivity contribution >= 4 is 0 Å². The van der Waals surface area contributed by atoms with Crippen LogP contribution in [0.25, 0.3) is 0 Å². The highest BCUT2D eigenvalue weighted by Crippen LogP contribution is 2.24. The van der Waals surface area contributed by atoms with Crippen LogP contribution in [0.1, 0.15) is 39.0 Å². The maximum absolute atomic E-state index is 5.71. The second kappa shape index (κ2) is 5.99. The Morgan fingerprint density at radius 3 is 2.62 bits per heavy atom. The van der Waals surface area contributed by atoms with Crippen molar-refractivity contribution in [2.45, 2.75) is 57.2 Å². The highest BCUT2D eigenvalue weighted by atomic mass is 16.5. The molecule has 1 atom stereocenters. The van der Waals surface area contributed by atoms with Crippen LogP contribution < -0.4 is 5.32 Å². The van der Waals surface area contributed by atoms with E-state index in [-0.39, 0.29) is 0 Å². The lowest BCUT2D eigenvalue weighted by Gasteiger charge is -2.36. The molecule has 0 aromatic rings. The SMILES string of the molecule is CNC1CCC(N2CCCOC(C)C2)CC1. The molecule has 0 spiro atoms. The standard InChI is InChI=1S/C13H26N2O/c1-11-10-15(8-3-9-16-11)13-6-4-12(14-2)5-7-13/h11-14H,3-10H2,1-2H3. The van der Waals surface area contributed by atoms with Crippen LogP contribution in [0.5, 0.6) is 0 Å². The molecule has 1 N–H and O–H groups in total. The fourth-order valence-corrected chi connectivity index (χ4v) is 3.09. The van der Waals surface area contributed by atoms with Crippen LogP contribution in [0, 0.1) is 0 Å². The van der Waals surface area contributed by atoms with E-state index in [1.807, 2.05) is 0 Å². The van der Waals surface area contributed by atoms with Gasteiger partial charge in [-0.2, -0.15) is 0 Å². The molecule has 1 saturated heterocycles. The van der Waals surface area contributed by atoms with Gasteiger partial charge in [0.1, 0.15) is 0 Å². The molecule has 3 heteroatoms. The van der Waals surface area contributed by atoms with Crippen molar-refractivity contribution in [1.29, 1.82) is 0 Å². The lowest BCUT2D eigenvalue weighted by molar-refractivity contribution is 0.0550. The lowest BCUT2D eigenvalue weighted by atomic mass is 9.90. The zero-order valence-corrected chi connectivity index (χ0v) is 10.7. The summed E-state index contributed by atoms with van der Waals surface area (Å²) in [4.78, 5) is 2.67. The first kappa shape index (κ1) is 12.3. The van der Waals surface area contributed by atoms with Gasteiger partial charge >= 0.3 is 0 Å². The maximum Gasteiger partial charge on any atom is 0.0674 e. The van der Waals surface area contributed by atoms with Gasteiger partial charge < -0.3 is 10.1 Å². The Morgan fingerprint density at radius 1 is 1.19 bits per heavy atom. The van der Waals surface area contributed by atoms with Crippen LogP contribution in [0.3, 0.4) is 0 Å². The molecule has 1 heterocycles. The number of hydrogen-bond donors (Lipinski definition) is 1. The van der Waals surface area contributed by atoms with Crippen molar-refractivity contribution in [3.63, 3.8) is 0 Å². The summed E-state index contributed by atoms with van der Waals surface area (Å²) in [6, 6.07) is 1.57. The summed E-state index contributed by atoms with van der Waals surface area (Å²) in [5, 5.41) is 3.41. The first-order chi connectivity index (χ1) is 7.79. The van der Waals surface area contributed by atoms with Gasteiger partial charge in [-0.1, -0.05) is 0 Å². The Kier molecular flexibility index (Phi) is 4.62. The number of hydrogen-bond acceptors (Lipinski definition) is 3. The molecule has 1 unspecified atom stereocenters. The molecule has 0 aromatic heterocycles. The Labute approximate surface area is 99.5 Å². The first-order valence-electron chi connectivity index (χ1n) is 6.82. The molecule has 1 aliphatic carbocycles. The van der Waals surface area contributed by atoms with E-state index in [1.165, 1.54) is 38.6 Å². The van der Waals surface area contributed by atoms with Crippen molar-refractivity contribution in [2.24, 2.45) is 0 Å². The molecule has 1 saturated carbocycles. The molecule has 0 amide bonds. The van der Waals surface area contributed by atoms with Crippen LogP contribution in [0.2, 0.25) is 0 Å². The molecule has 94 valence electrons. The monoisotopic (exact) mass is 226 g/mol. The quantitative estimate of drug-likeness (QED) is 0.774. The van der Waals surface area contributed by atoms with Gasteiger partial charge in [0.15, 0.2) is 0 Å². The summed E-state index contributed by atoms with van der Waals surface area (Å²) in [5.74, 6) is 0. The molecule has 16 heavy (non-hydrogen) atoms. The average molecular weight is 226 g/mol. The largest absolute Gasteiger partial charge is 0.377 e. The van der Waals surface area contributed by atoms with Crippen molar-refractivity contribution in [1.82, 2.24) is 10.2 Å². The summed E-state index contributed by atoms with van der Waals surface area (Å²) in [5.41, 5.74) is 0. The van der Waals surface area contributed by atoms with E-state index in [0.29, 0.717) is 6.10 Å². The fraction of sp³-hybridized carbons (Fsp3) is 1.00. The highest BCUT2D eigenvalue weighted by molar-refractivity contribution is 4.83. The Morgan fingerprint density at radius 2 is 1.94 bits per heavy atom. The van der Waals surface area contributed by atoms with E-state index in [0.717, 1.165) is 25.2 Å². The number of rotatable bonds is 2. The van der Waals surface area contributed by atoms with Gasteiger partial charge in [-0.25, -0.2) is 0 Å². The second-order valence-corrected chi connectivity index (χ2v) is 5.32. The lowest BCUT2D eigenvalue weighted by Crippen LogP contribution is -2.43. The van der Waals surface area contributed by atoms with Gasteiger partial charge in [0.2, 0.25) is 0 Å². The Bertz CT molecular complexity index is 202. The molecular weight excluding hydrogens is 200 g/mol. The number of nitrogens with zero attached hydrogens (tertiary/aromatic N) is 1. The van der Waals surface area contributed by atoms with Gasteiger partial charge in [0.25, 0.3) is 0 Å². The van der Waals surface area contributed by atoms with Gasteiger partial charge in [-0.05, 0) is 46.1 Å². The predicted octanol–water partition coefficient (Wildman–Crippen LogP) is 1.63. The van der Waals surface area contributed by atoms with E-state index in [1.54, 1.807) is 0 Å². The van der Waals surface area contributed by atoms with Crippen LogP contribution in [-0.2, 0) is 4.74 Å². The third kappa shape index (κ3) is 3.19. The minimum absolute atomic E-state index is 0.421. The molecule has 1 aliphatic heterocycles. The highest BCUT2D eigenvalue weighted by Gasteiger charge is 2.27. The van der Waals surface area contributed by atoms with Crippen LogP contribution in [-0.4, -0.2) is 49.8 Å². The van der Waals surface area contributed by atoms with Crippen molar-refractivity contribution in [3.8, 4) is 0 Å². The summed E-state index contributed by atoms with van der Waals surface area (Å²) < 4.78 is 5.71. The van der Waals surface area contributed by atoms with Gasteiger partial charge in [0.05, 0.1) is 6.10 Å². The van der Waals surface area contributed by atoms with E-state index in [2.05, 4.69) is 24.2 Å². The van der Waals surface area contributed by atoms with E-state index < -0.39 is 0 Å². The third-order valence-corrected chi connectivity index (χ3v) is 4.11. The maximum atomic E-state index is 5.71. The Balaban J connectivity index is 1.82. The van der Waals surface area contributed by atoms with Crippen LogP contribution in [0.15, 0.2) is 0 Å². The van der Waals surface area contributed by atoms with Crippen molar-refractivity contribution in [3.05, 3.63) is 0 Å². The summed E-state index contributed by atoms with van der Waals surface area (Å²) >= 11 is 0. The topological polar surface area (TPSA) is 24.5 Å². The summed E-state index contributed by atoms with van der Waals surface area (Å²) in [7, 11) is 2.09. The molecule has 0 radical (unpaired) electrons. The van der Waals surface area contributed by atoms with Crippen molar-refractivity contribution in [2.75, 3.05) is 26.7 Å². The summed E-state index contributed by atoms with van der Waals surface area (Å²) in [6.07, 6.45) is 7.02. The van der Waals surface area contributed by atoms with Crippen LogP contribution >= 0.6 is 0 Å². The fourth-order valence-electron chi connectivity index (χ4n) is 3.09. The summed E-state index contributed by atoms with van der Waals surface area (Å²) in [6.45, 7) is 5.52. The molecular formula is C13H26N2O. The smallest absolute Gasteiger partial charge is 0.0674 e. The predicted molar refractivity (Wildman–Crippen MR) is 66.7 cm³/mol. The molecule has 2 rings (SSSR count). The van der Waals surface area contributed by atoms with E-state index in [4.69, 9.17) is 4.74 Å². The normalized spacial score (nSPS) is 38.2. The van der Waals surface area contributed by atoms with Gasteiger partial charge in [-0.3, -0.25) is 4.90 Å². The van der Waals surface area contributed by atoms with Gasteiger partial charge in [0, 0.05) is 31.8 Å². The third-order valence-electron chi connectivity index (χ3n) is 4.11. The zero-order valence-electron chi connectivity index (χ0n) is 10.7. The van der Waals surface area contributed by atoms with Gasteiger partial charge in [-0.15, -0.1) is 0 Å². The second-order valence-electron chi connectivity index (χ2n) is 5.32. The van der Waals surface area contributed by atoms with Crippen LogP contribution in [0.4, 0.5) is 0 Å².